The number of hydrogen-bond donors (Lipinski definition) is 1. The molecule has 0 aliphatic carbocycles. The summed E-state index contributed by atoms with van der Waals surface area (Å²) in [6.07, 6.45) is 4.64. The van der Waals surface area contributed by atoms with Crippen LogP contribution in [0.5, 0.6) is 0 Å². The number of sulfonamides is 1. The lowest BCUT2D eigenvalue weighted by molar-refractivity contribution is 0.0996. The largest absolute Gasteiger partial charge is 0.461 e. The topological polar surface area (TPSA) is 105 Å². The highest BCUT2D eigenvalue weighted by Crippen LogP contribution is 2.35. The van der Waals surface area contributed by atoms with Crippen molar-refractivity contribution in [3.63, 3.8) is 0 Å². The molecule has 0 atom stereocenters. The average Bonchev–Trinajstić information content (AvgIpc) is 3.41. The summed E-state index contributed by atoms with van der Waals surface area (Å²) in [4.78, 5) is 14.1. The zero-order valence-electron chi connectivity index (χ0n) is 15.7. The Bertz CT molecular complexity index is 1150. The fourth-order valence-electron chi connectivity index (χ4n) is 3.07. The molecule has 0 saturated carbocycles. The lowest BCUT2D eigenvalue weighted by Gasteiger charge is -2.30. The molecule has 3 aromatic rings. The summed E-state index contributed by atoms with van der Waals surface area (Å²) in [5, 5.41) is 2.65. The predicted octanol–water partition coefficient (Wildman–Crippen LogP) is 3.88. The van der Waals surface area contributed by atoms with Crippen LogP contribution in [0.25, 0.3) is 0 Å². The van der Waals surface area contributed by atoms with E-state index in [1.165, 1.54) is 24.7 Å². The summed E-state index contributed by atoms with van der Waals surface area (Å²) in [5.41, 5.74) is 0.830. The van der Waals surface area contributed by atoms with E-state index in [1.54, 1.807) is 30.3 Å². The molecule has 0 bridgehead atoms. The number of anilines is 2. The van der Waals surface area contributed by atoms with E-state index in [2.05, 4.69) is 16.6 Å². The van der Waals surface area contributed by atoms with Crippen LogP contribution in [0.15, 0.2) is 73.1 Å². The molecular weight excluding hydrogens is 394 g/mol. The smallest absolute Gasteiger partial charge is 0.291 e. The third-order valence-electron chi connectivity index (χ3n) is 4.47. The van der Waals surface area contributed by atoms with Crippen LogP contribution in [0, 0.1) is 0 Å². The van der Waals surface area contributed by atoms with Gasteiger partial charge in [0.2, 0.25) is 0 Å². The van der Waals surface area contributed by atoms with Gasteiger partial charge in [-0.1, -0.05) is 13.3 Å². The van der Waals surface area contributed by atoms with Gasteiger partial charge in [0, 0.05) is 12.2 Å². The summed E-state index contributed by atoms with van der Waals surface area (Å²) >= 11 is 0. The lowest BCUT2D eigenvalue weighted by Crippen LogP contribution is -2.37. The number of rotatable bonds is 6. The molecule has 1 amide bonds. The number of furan rings is 2. The fraction of sp³-hybridized carbons (Fsp3) is 0.200. The molecule has 0 fully saturated rings. The van der Waals surface area contributed by atoms with Gasteiger partial charge in [0.25, 0.3) is 15.9 Å². The maximum absolute atomic E-state index is 12.9. The Hall–Kier alpha value is -3.33. The van der Waals surface area contributed by atoms with Crippen LogP contribution in [0.1, 0.15) is 36.1 Å². The second-order valence-electron chi connectivity index (χ2n) is 6.49. The standard InChI is InChI=1S/C20H19N3O5S/c1-2-3-10-23-15-9-8-14(21-20(24)17-7-5-12-28-17)13-18(15)29(25,26)22-19(23)16-6-4-11-27-16/h4-9,11-13H,2-3,10H2,1H3,(H,21,24). The molecule has 0 unspecified atom stereocenters. The number of amidine groups is 1. The van der Waals surface area contributed by atoms with Gasteiger partial charge in [-0.3, -0.25) is 4.79 Å². The molecular formula is C20H19N3O5S. The van der Waals surface area contributed by atoms with E-state index in [0.717, 1.165) is 12.8 Å². The Kier molecular flexibility index (Phi) is 4.98. The van der Waals surface area contributed by atoms with Crippen molar-refractivity contribution >= 4 is 33.1 Å². The van der Waals surface area contributed by atoms with Crippen LogP contribution in [0.2, 0.25) is 0 Å². The highest BCUT2D eigenvalue weighted by Gasteiger charge is 2.33. The van der Waals surface area contributed by atoms with Crippen LogP contribution in [0.3, 0.4) is 0 Å². The first-order valence-electron chi connectivity index (χ1n) is 9.15. The van der Waals surface area contributed by atoms with Crippen LogP contribution >= 0.6 is 0 Å². The number of carbonyl (C=O) groups is 1. The quantitative estimate of drug-likeness (QED) is 0.657. The van der Waals surface area contributed by atoms with Crippen LogP contribution in [-0.4, -0.2) is 26.7 Å². The number of unbranched alkanes of at least 4 members (excludes halogenated alkanes) is 1. The van der Waals surface area contributed by atoms with Gasteiger partial charge in [-0.15, -0.1) is 4.40 Å². The van der Waals surface area contributed by atoms with Gasteiger partial charge in [0.1, 0.15) is 4.90 Å². The van der Waals surface area contributed by atoms with Crippen LogP contribution in [0.4, 0.5) is 11.4 Å². The van der Waals surface area contributed by atoms with E-state index in [-0.39, 0.29) is 16.5 Å². The number of amides is 1. The van der Waals surface area contributed by atoms with E-state index in [4.69, 9.17) is 8.83 Å². The first-order chi connectivity index (χ1) is 14.0. The molecule has 9 heteroatoms. The van der Waals surface area contributed by atoms with Crippen molar-refractivity contribution in [2.45, 2.75) is 24.7 Å². The van der Waals surface area contributed by atoms with Gasteiger partial charge >= 0.3 is 0 Å². The van der Waals surface area contributed by atoms with Crippen molar-refractivity contribution in [2.24, 2.45) is 4.40 Å². The molecule has 1 aliphatic heterocycles. The Morgan fingerprint density at radius 3 is 2.62 bits per heavy atom. The molecule has 0 radical (unpaired) electrons. The Labute approximate surface area is 167 Å². The van der Waals surface area contributed by atoms with Crippen molar-refractivity contribution in [3.8, 4) is 0 Å². The van der Waals surface area contributed by atoms with Gasteiger partial charge in [-0.2, -0.15) is 8.42 Å². The first kappa shape index (κ1) is 19.0. The zero-order valence-corrected chi connectivity index (χ0v) is 16.5. The summed E-state index contributed by atoms with van der Waals surface area (Å²) < 4.78 is 40.2. The van der Waals surface area contributed by atoms with Crippen LogP contribution < -0.4 is 10.2 Å². The van der Waals surface area contributed by atoms with Crippen molar-refractivity contribution in [1.29, 1.82) is 0 Å². The van der Waals surface area contributed by atoms with Crippen molar-refractivity contribution in [2.75, 3.05) is 16.8 Å². The summed E-state index contributed by atoms with van der Waals surface area (Å²) in [6.45, 7) is 2.63. The van der Waals surface area contributed by atoms with E-state index in [1.807, 2.05) is 4.90 Å². The van der Waals surface area contributed by atoms with Crippen molar-refractivity contribution in [1.82, 2.24) is 0 Å². The molecule has 8 nitrogen and oxygen atoms in total. The normalized spacial score (nSPS) is 14.9. The predicted molar refractivity (Wildman–Crippen MR) is 108 cm³/mol. The van der Waals surface area contributed by atoms with Gasteiger partial charge in [0.15, 0.2) is 17.4 Å². The Morgan fingerprint density at radius 2 is 1.93 bits per heavy atom. The zero-order chi connectivity index (χ0) is 20.4. The monoisotopic (exact) mass is 413 g/mol. The third kappa shape index (κ3) is 3.68. The highest BCUT2D eigenvalue weighted by molar-refractivity contribution is 7.90. The number of hydrogen-bond acceptors (Lipinski definition) is 6. The van der Waals surface area contributed by atoms with E-state index >= 15 is 0 Å². The molecule has 4 rings (SSSR count). The summed E-state index contributed by atoms with van der Waals surface area (Å²) in [5.74, 6) is 0.299. The number of nitrogens with one attached hydrogen (secondary N) is 1. The molecule has 2 aromatic heterocycles. The summed E-state index contributed by atoms with van der Waals surface area (Å²) in [6, 6.07) is 11.2. The molecule has 150 valence electrons. The number of nitrogens with zero attached hydrogens (tertiary/aromatic N) is 2. The maximum atomic E-state index is 12.9. The molecule has 29 heavy (non-hydrogen) atoms. The first-order valence-corrected chi connectivity index (χ1v) is 10.6. The highest BCUT2D eigenvalue weighted by atomic mass is 32.2. The van der Waals surface area contributed by atoms with Gasteiger partial charge in [-0.05, 0) is 48.9 Å². The third-order valence-corrected chi connectivity index (χ3v) is 5.77. The fourth-order valence-corrected chi connectivity index (χ4v) is 4.31. The molecule has 0 saturated heterocycles. The number of carbonyl (C=O) groups excluding carboxylic acids is 1. The Balaban J connectivity index is 1.74. The minimum Gasteiger partial charge on any atom is -0.461 e. The second kappa shape index (κ2) is 7.59. The van der Waals surface area contributed by atoms with Gasteiger partial charge < -0.3 is 19.1 Å². The van der Waals surface area contributed by atoms with Gasteiger partial charge in [-0.25, -0.2) is 0 Å². The van der Waals surface area contributed by atoms with Gasteiger partial charge in [0.05, 0.1) is 18.2 Å². The molecule has 1 N–H and O–H groups in total. The minimum absolute atomic E-state index is 0.0288. The van der Waals surface area contributed by atoms with Crippen LogP contribution in [-0.2, 0) is 10.0 Å². The molecule has 3 heterocycles. The summed E-state index contributed by atoms with van der Waals surface area (Å²) in [7, 11) is -3.98. The van der Waals surface area contributed by atoms with E-state index < -0.39 is 15.9 Å². The van der Waals surface area contributed by atoms with Crippen molar-refractivity contribution < 1.29 is 22.0 Å². The molecule has 0 spiro atoms. The second-order valence-corrected chi connectivity index (χ2v) is 8.06. The molecule has 1 aromatic carbocycles. The SMILES string of the molecule is CCCCN1C(c2ccco2)=NS(=O)(=O)c2cc(NC(=O)c3ccco3)ccc21. The molecule has 1 aliphatic rings. The number of benzene rings is 1. The maximum Gasteiger partial charge on any atom is 0.291 e. The van der Waals surface area contributed by atoms with E-state index in [9.17, 15) is 13.2 Å². The van der Waals surface area contributed by atoms with Crippen molar-refractivity contribution in [3.05, 3.63) is 66.5 Å². The van der Waals surface area contributed by atoms with E-state index in [0.29, 0.717) is 23.7 Å². The minimum atomic E-state index is -3.98. The lowest BCUT2D eigenvalue weighted by atomic mass is 10.2. The Morgan fingerprint density at radius 1 is 1.14 bits per heavy atom. The average molecular weight is 413 g/mol. The number of fused-ring (bicyclic) bond motifs is 1.